The quantitative estimate of drug-likeness (QED) is 0.890. The molecule has 2 saturated heterocycles. The van der Waals surface area contributed by atoms with Gasteiger partial charge in [0.2, 0.25) is 0 Å². The van der Waals surface area contributed by atoms with Gasteiger partial charge in [0.25, 0.3) is 0 Å². The smallest absolute Gasteiger partial charge is 0.126 e. The number of hydrogen-bond acceptors (Lipinski definition) is 3. The molecule has 1 saturated carbocycles. The monoisotopic (exact) mass is 362 g/mol. The molecule has 0 radical (unpaired) electrons. The molecule has 3 atom stereocenters. The van der Waals surface area contributed by atoms with E-state index in [1.807, 2.05) is 6.07 Å². The minimum absolute atomic E-state index is 0. The molecule has 1 aromatic carbocycles. The Bertz CT molecular complexity index is 501. The topological polar surface area (TPSA) is 24.5 Å². The lowest BCUT2D eigenvalue weighted by atomic mass is 10.1. The van der Waals surface area contributed by atoms with Crippen LogP contribution in [0.15, 0.2) is 24.3 Å². The number of piperidine rings is 2. The van der Waals surface area contributed by atoms with Crippen LogP contribution in [-0.4, -0.2) is 43.7 Å². The Labute approximate surface area is 149 Å². The van der Waals surface area contributed by atoms with E-state index in [1.54, 1.807) is 6.07 Å². The van der Waals surface area contributed by atoms with E-state index in [1.165, 1.54) is 31.8 Å². The van der Waals surface area contributed by atoms with Gasteiger partial charge in [0.05, 0.1) is 0 Å². The fraction of sp³-hybridized carbons (Fsp3) is 0.647. The molecule has 1 aliphatic carbocycles. The molecule has 6 heteroatoms. The molecular formula is C17H25Cl2FN2O. The summed E-state index contributed by atoms with van der Waals surface area (Å²) in [5.74, 6) is 3.28. The number of fused-ring (bicyclic) bond motifs is 1. The van der Waals surface area contributed by atoms with E-state index in [0.717, 1.165) is 43.7 Å². The van der Waals surface area contributed by atoms with Crippen LogP contribution in [0.4, 0.5) is 4.39 Å². The second-order valence-electron chi connectivity index (χ2n) is 6.73. The predicted octanol–water partition coefficient (Wildman–Crippen LogP) is 2.98. The Balaban J connectivity index is 0.000000960. The number of likely N-dealkylation sites (tertiary alicyclic amines) is 1. The van der Waals surface area contributed by atoms with Gasteiger partial charge in [-0.3, -0.25) is 0 Å². The van der Waals surface area contributed by atoms with E-state index in [0.29, 0.717) is 5.75 Å². The summed E-state index contributed by atoms with van der Waals surface area (Å²) < 4.78 is 19.1. The second-order valence-corrected chi connectivity index (χ2v) is 6.73. The van der Waals surface area contributed by atoms with Crippen LogP contribution < -0.4 is 10.1 Å². The fourth-order valence-corrected chi connectivity index (χ4v) is 4.06. The van der Waals surface area contributed by atoms with Crippen molar-refractivity contribution in [3.8, 4) is 5.75 Å². The fourth-order valence-electron chi connectivity index (χ4n) is 4.06. The molecule has 0 amide bonds. The number of rotatable bonds is 4. The van der Waals surface area contributed by atoms with Gasteiger partial charge in [-0.05, 0) is 55.8 Å². The molecule has 2 aliphatic heterocycles. The molecule has 1 aromatic rings. The number of nitrogens with zero attached hydrogens (tertiary/aromatic N) is 1. The van der Waals surface area contributed by atoms with Gasteiger partial charge in [-0.2, -0.15) is 0 Å². The largest absolute Gasteiger partial charge is 0.490 e. The highest BCUT2D eigenvalue weighted by atomic mass is 35.5. The summed E-state index contributed by atoms with van der Waals surface area (Å²) in [6, 6.07) is 6.48. The summed E-state index contributed by atoms with van der Waals surface area (Å²) in [5, 5.41) is 3.46. The van der Waals surface area contributed by atoms with Crippen molar-refractivity contribution in [3.63, 3.8) is 0 Å². The van der Waals surface area contributed by atoms with E-state index in [-0.39, 0.29) is 36.7 Å². The van der Waals surface area contributed by atoms with Crippen LogP contribution >= 0.6 is 24.8 Å². The van der Waals surface area contributed by atoms with E-state index in [4.69, 9.17) is 4.74 Å². The van der Waals surface area contributed by atoms with E-state index in [2.05, 4.69) is 10.2 Å². The molecule has 3 nitrogen and oxygen atoms in total. The lowest BCUT2D eigenvalue weighted by Gasteiger charge is -2.32. The standard InChI is InChI=1S/C17H23FN2O.2ClH/c18-12-2-1-3-14(8-12)21-13-4-6-20(7-5-13)11-17-15-9-19-10-16(15)17;;/h1-3,8,13,15-17,19H,4-7,9-11H2;2*1H/t15-,16+,17?;;. The van der Waals surface area contributed by atoms with Crippen LogP contribution in [0.1, 0.15) is 12.8 Å². The lowest BCUT2D eigenvalue weighted by molar-refractivity contribution is 0.0957. The zero-order chi connectivity index (χ0) is 14.2. The first-order valence-electron chi connectivity index (χ1n) is 8.15. The van der Waals surface area contributed by atoms with Gasteiger partial charge in [0, 0.05) is 25.7 Å². The highest BCUT2D eigenvalue weighted by molar-refractivity contribution is 5.85. The zero-order valence-corrected chi connectivity index (χ0v) is 14.8. The zero-order valence-electron chi connectivity index (χ0n) is 13.1. The van der Waals surface area contributed by atoms with Crippen molar-refractivity contribution in [1.29, 1.82) is 0 Å². The number of benzene rings is 1. The first-order chi connectivity index (χ1) is 10.3. The first kappa shape index (κ1) is 18.8. The number of hydrogen-bond donors (Lipinski definition) is 1. The van der Waals surface area contributed by atoms with Crippen LogP contribution in [0.25, 0.3) is 0 Å². The summed E-state index contributed by atoms with van der Waals surface area (Å²) in [7, 11) is 0. The lowest BCUT2D eigenvalue weighted by Crippen LogP contribution is -2.40. The Morgan fingerprint density at radius 1 is 1.13 bits per heavy atom. The molecule has 130 valence electrons. The summed E-state index contributed by atoms with van der Waals surface area (Å²) in [6.45, 7) is 5.96. The third kappa shape index (κ3) is 4.30. The van der Waals surface area contributed by atoms with Crippen molar-refractivity contribution in [2.24, 2.45) is 17.8 Å². The van der Waals surface area contributed by atoms with Gasteiger partial charge in [0.1, 0.15) is 17.7 Å². The van der Waals surface area contributed by atoms with E-state index < -0.39 is 0 Å². The molecule has 23 heavy (non-hydrogen) atoms. The molecule has 1 N–H and O–H groups in total. The molecular weight excluding hydrogens is 338 g/mol. The van der Waals surface area contributed by atoms with Gasteiger partial charge in [-0.25, -0.2) is 4.39 Å². The molecule has 4 rings (SSSR count). The van der Waals surface area contributed by atoms with Crippen LogP contribution in [-0.2, 0) is 0 Å². The minimum atomic E-state index is -0.223. The van der Waals surface area contributed by atoms with Gasteiger partial charge in [-0.15, -0.1) is 24.8 Å². The van der Waals surface area contributed by atoms with Gasteiger partial charge >= 0.3 is 0 Å². The molecule has 1 unspecified atom stereocenters. The minimum Gasteiger partial charge on any atom is -0.490 e. The van der Waals surface area contributed by atoms with Crippen molar-refractivity contribution >= 4 is 24.8 Å². The molecule has 0 aromatic heterocycles. The predicted molar refractivity (Wildman–Crippen MR) is 94.3 cm³/mol. The van der Waals surface area contributed by atoms with Crippen LogP contribution in [0, 0.1) is 23.6 Å². The SMILES string of the molecule is Cl.Cl.Fc1cccc(OC2CCN(CC3[C@H]4CNC[C@@H]34)CC2)c1. The highest BCUT2D eigenvalue weighted by Crippen LogP contribution is 2.49. The average Bonchev–Trinajstić information content (AvgIpc) is 2.92. The normalized spacial score (nSPS) is 30.0. The molecule has 0 bridgehead atoms. The first-order valence-corrected chi connectivity index (χ1v) is 8.15. The molecule has 3 fully saturated rings. The Hall–Kier alpha value is -0.550. The van der Waals surface area contributed by atoms with Gasteiger partial charge < -0.3 is 15.0 Å². The summed E-state index contributed by atoms with van der Waals surface area (Å²) in [4.78, 5) is 2.59. The van der Waals surface area contributed by atoms with Crippen molar-refractivity contribution in [2.75, 3.05) is 32.7 Å². The van der Waals surface area contributed by atoms with Crippen molar-refractivity contribution in [3.05, 3.63) is 30.1 Å². The highest BCUT2D eigenvalue weighted by Gasteiger charge is 2.52. The van der Waals surface area contributed by atoms with Crippen molar-refractivity contribution < 1.29 is 9.13 Å². The third-order valence-electron chi connectivity index (χ3n) is 5.37. The second kappa shape index (κ2) is 8.02. The maximum atomic E-state index is 13.2. The van der Waals surface area contributed by atoms with Crippen LogP contribution in [0.3, 0.4) is 0 Å². The molecule has 2 heterocycles. The van der Waals surface area contributed by atoms with E-state index in [9.17, 15) is 4.39 Å². The van der Waals surface area contributed by atoms with Gasteiger partial charge in [-0.1, -0.05) is 6.07 Å². The van der Waals surface area contributed by atoms with Crippen molar-refractivity contribution in [1.82, 2.24) is 10.2 Å². The Kier molecular flexibility index (Phi) is 6.55. The average molecular weight is 363 g/mol. The van der Waals surface area contributed by atoms with Crippen molar-refractivity contribution in [2.45, 2.75) is 18.9 Å². The number of halogens is 3. The Morgan fingerprint density at radius 2 is 1.83 bits per heavy atom. The summed E-state index contributed by atoms with van der Waals surface area (Å²) >= 11 is 0. The maximum Gasteiger partial charge on any atom is 0.126 e. The Morgan fingerprint density at radius 3 is 2.48 bits per heavy atom. The van der Waals surface area contributed by atoms with Gasteiger partial charge in [0.15, 0.2) is 0 Å². The molecule has 0 spiro atoms. The van der Waals surface area contributed by atoms with Crippen LogP contribution in [0.5, 0.6) is 5.75 Å². The van der Waals surface area contributed by atoms with Crippen LogP contribution in [0.2, 0.25) is 0 Å². The number of ether oxygens (including phenoxy) is 1. The van der Waals surface area contributed by atoms with E-state index >= 15 is 0 Å². The summed E-state index contributed by atoms with van der Waals surface area (Å²) in [6.07, 6.45) is 2.34. The summed E-state index contributed by atoms with van der Waals surface area (Å²) in [5.41, 5.74) is 0. The number of nitrogens with one attached hydrogen (secondary N) is 1. The molecule has 3 aliphatic rings. The maximum absolute atomic E-state index is 13.2. The third-order valence-corrected chi connectivity index (χ3v) is 5.37.